The third-order valence-corrected chi connectivity index (χ3v) is 7.78. The molecular formula is C30H31N3O6S. The molecule has 40 heavy (non-hydrogen) atoms. The number of aromatic nitrogens is 2. The van der Waals surface area contributed by atoms with Gasteiger partial charge in [0.1, 0.15) is 12.6 Å². The second-order valence-electron chi connectivity index (χ2n) is 9.23. The molecule has 0 aliphatic carbocycles. The average molecular weight is 562 g/mol. The van der Waals surface area contributed by atoms with Crippen LogP contribution in [0.2, 0.25) is 0 Å². The van der Waals surface area contributed by atoms with Crippen molar-refractivity contribution >= 4 is 34.3 Å². The van der Waals surface area contributed by atoms with Crippen LogP contribution in [0.4, 0.5) is 0 Å². The van der Waals surface area contributed by atoms with Crippen LogP contribution in [0.1, 0.15) is 36.7 Å². The molecule has 0 spiro atoms. The number of benzene rings is 2. The molecule has 0 bridgehead atoms. The van der Waals surface area contributed by atoms with Gasteiger partial charge in [0, 0.05) is 34.8 Å². The Morgan fingerprint density at radius 2 is 1.93 bits per heavy atom. The molecule has 0 radical (unpaired) electrons. The number of thiazole rings is 1. The minimum atomic E-state index is -0.839. The molecule has 1 atom stereocenters. The molecule has 0 amide bonds. The minimum Gasteiger partial charge on any atom is -0.493 e. The number of esters is 1. The van der Waals surface area contributed by atoms with Gasteiger partial charge in [-0.15, -0.1) is 0 Å². The molecule has 2 aromatic heterocycles. The van der Waals surface area contributed by atoms with E-state index in [0.717, 1.165) is 22.2 Å². The number of para-hydroxylation sites is 2. The zero-order valence-corrected chi connectivity index (χ0v) is 23.9. The summed E-state index contributed by atoms with van der Waals surface area (Å²) in [4.78, 5) is 36.2. The van der Waals surface area contributed by atoms with Crippen LogP contribution in [0.25, 0.3) is 17.0 Å². The lowest BCUT2D eigenvalue weighted by molar-refractivity contribution is -0.140. The highest BCUT2D eigenvalue weighted by Gasteiger charge is 2.36. The fourth-order valence-electron chi connectivity index (χ4n) is 5.00. The molecule has 208 valence electrons. The quantitative estimate of drug-likeness (QED) is 0.247. The number of aromatic amines is 1. The van der Waals surface area contributed by atoms with E-state index < -0.39 is 12.0 Å². The standard InChI is InChI=1S/C30H31N3O6S/c1-6-38-27-20(11-9-13-23(27)37-5)26-25(29(35)39-15-14-36-4)18(3)32-30-33(26)28(34)24(40-30)16-21-17(2)31-22-12-8-7-10-19(21)22/h7-13,16,26,31H,6,14-15H2,1-5H3/b24-16+/t26-/m1/s1. The fraction of sp³-hybridized carbons (Fsp3) is 0.300. The van der Waals surface area contributed by atoms with E-state index in [4.69, 9.17) is 23.9 Å². The highest BCUT2D eigenvalue weighted by Crippen LogP contribution is 2.40. The number of aryl methyl sites for hydroxylation is 1. The van der Waals surface area contributed by atoms with Gasteiger partial charge in [0.05, 0.1) is 36.1 Å². The molecule has 0 saturated heterocycles. The Bertz CT molecular complexity index is 1800. The normalized spacial score (nSPS) is 15.2. The largest absolute Gasteiger partial charge is 0.493 e. The molecule has 9 nitrogen and oxygen atoms in total. The summed E-state index contributed by atoms with van der Waals surface area (Å²) in [6.07, 6.45) is 1.89. The van der Waals surface area contributed by atoms with Crippen LogP contribution >= 0.6 is 11.3 Å². The Hall–Kier alpha value is -4.15. The van der Waals surface area contributed by atoms with E-state index >= 15 is 0 Å². The number of allylic oxidation sites excluding steroid dienone is 1. The second kappa shape index (κ2) is 11.5. The maximum atomic E-state index is 14.1. The van der Waals surface area contributed by atoms with E-state index in [2.05, 4.69) is 4.98 Å². The van der Waals surface area contributed by atoms with E-state index in [1.165, 1.54) is 18.4 Å². The Balaban J connectivity index is 1.76. The number of H-pyrrole nitrogens is 1. The molecule has 5 rings (SSSR count). The summed E-state index contributed by atoms with van der Waals surface area (Å²) < 4.78 is 24.2. The molecule has 0 fully saturated rings. The fourth-order valence-corrected chi connectivity index (χ4v) is 6.02. The van der Waals surface area contributed by atoms with Gasteiger partial charge in [-0.3, -0.25) is 9.36 Å². The van der Waals surface area contributed by atoms with Gasteiger partial charge in [0.2, 0.25) is 0 Å². The number of rotatable bonds is 9. The van der Waals surface area contributed by atoms with Crippen molar-refractivity contribution in [3.63, 3.8) is 0 Å². The summed E-state index contributed by atoms with van der Waals surface area (Å²) >= 11 is 1.28. The van der Waals surface area contributed by atoms with Crippen LogP contribution < -0.4 is 24.4 Å². The predicted molar refractivity (Wildman–Crippen MR) is 154 cm³/mol. The number of nitrogens with one attached hydrogen (secondary N) is 1. The van der Waals surface area contributed by atoms with E-state index in [-0.39, 0.29) is 24.3 Å². The van der Waals surface area contributed by atoms with E-state index in [1.54, 1.807) is 24.7 Å². The third kappa shape index (κ3) is 4.84. The number of hydrogen-bond donors (Lipinski definition) is 1. The number of fused-ring (bicyclic) bond motifs is 2. The summed E-state index contributed by atoms with van der Waals surface area (Å²) in [5.74, 6) is 0.379. The molecule has 4 aromatic rings. The molecule has 2 aromatic carbocycles. The molecule has 1 aliphatic heterocycles. The van der Waals surface area contributed by atoms with Crippen LogP contribution in [0, 0.1) is 6.92 Å². The summed E-state index contributed by atoms with van der Waals surface area (Å²) in [5, 5.41) is 1.02. The van der Waals surface area contributed by atoms with E-state index in [9.17, 15) is 9.59 Å². The number of carbonyl (C=O) groups is 1. The van der Waals surface area contributed by atoms with Crippen molar-refractivity contribution in [2.75, 3.05) is 34.0 Å². The van der Waals surface area contributed by atoms with Gasteiger partial charge >= 0.3 is 5.97 Å². The first-order chi connectivity index (χ1) is 19.4. The number of methoxy groups -OCH3 is 2. The first-order valence-corrected chi connectivity index (χ1v) is 13.8. The first kappa shape index (κ1) is 27.4. The summed E-state index contributed by atoms with van der Waals surface area (Å²) in [6, 6.07) is 12.6. The molecule has 0 unspecified atom stereocenters. The average Bonchev–Trinajstić information content (AvgIpc) is 3.43. The van der Waals surface area contributed by atoms with Gasteiger partial charge in [0.25, 0.3) is 5.56 Å². The molecule has 3 heterocycles. The molecule has 0 saturated carbocycles. The maximum Gasteiger partial charge on any atom is 0.338 e. The molecule has 10 heteroatoms. The van der Waals surface area contributed by atoms with Crippen molar-refractivity contribution in [1.82, 2.24) is 9.55 Å². The molecule has 1 aliphatic rings. The van der Waals surface area contributed by atoms with Crippen molar-refractivity contribution in [2.24, 2.45) is 4.99 Å². The van der Waals surface area contributed by atoms with E-state index in [0.29, 0.717) is 38.7 Å². The summed E-state index contributed by atoms with van der Waals surface area (Å²) in [7, 11) is 3.09. The Kier molecular flexibility index (Phi) is 7.90. The van der Waals surface area contributed by atoms with Crippen LogP contribution in [-0.4, -0.2) is 49.6 Å². The topological polar surface area (TPSA) is 104 Å². The van der Waals surface area contributed by atoms with Gasteiger partial charge < -0.3 is 23.9 Å². The summed E-state index contributed by atoms with van der Waals surface area (Å²) in [5.41, 5.74) is 3.94. The lowest BCUT2D eigenvalue weighted by Crippen LogP contribution is -2.40. The van der Waals surface area contributed by atoms with Gasteiger partial charge in [-0.05, 0) is 39.0 Å². The van der Waals surface area contributed by atoms with Crippen molar-refractivity contribution in [2.45, 2.75) is 26.8 Å². The van der Waals surface area contributed by atoms with Crippen LogP contribution in [-0.2, 0) is 14.3 Å². The predicted octanol–water partition coefficient (Wildman–Crippen LogP) is 3.62. The van der Waals surface area contributed by atoms with Crippen LogP contribution in [0.3, 0.4) is 0 Å². The maximum absolute atomic E-state index is 14.1. The number of ether oxygens (including phenoxy) is 4. The number of hydrogen-bond acceptors (Lipinski definition) is 8. The molecular weight excluding hydrogens is 530 g/mol. The van der Waals surface area contributed by atoms with Crippen LogP contribution in [0.5, 0.6) is 11.5 Å². The number of nitrogens with zero attached hydrogens (tertiary/aromatic N) is 2. The lowest BCUT2D eigenvalue weighted by atomic mass is 9.94. The zero-order chi connectivity index (χ0) is 28.4. The van der Waals surface area contributed by atoms with Gasteiger partial charge in [0.15, 0.2) is 16.3 Å². The molecule has 1 N–H and O–H groups in total. The smallest absolute Gasteiger partial charge is 0.338 e. The highest BCUT2D eigenvalue weighted by molar-refractivity contribution is 7.07. The Labute approximate surface area is 235 Å². The number of carbonyl (C=O) groups excluding carboxylic acids is 1. The first-order valence-electron chi connectivity index (χ1n) is 12.9. The summed E-state index contributed by atoms with van der Waals surface area (Å²) in [6.45, 7) is 6.28. The Morgan fingerprint density at radius 3 is 2.67 bits per heavy atom. The van der Waals surface area contributed by atoms with Crippen molar-refractivity contribution in [3.05, 3.63) is 90.2 Å². The second-order valence-corrected chi connectivity index (χ2v) is 10.2. The highest BCUT2D eigenvalue weighted by atomic mass is 32.1. The Morgan fingerprint density at radius 1 is 1.12 bits per heavy atom. The lowest BCUT2D eigenvalue weighted by Gasteiger charge is -2.27. The van der Waals surface area contributed by atoms with Crippen LogP contribution in [0.15, 0.2) is 63.5 Å². The van der Waals surface area contributed by atoms with Gasteiger partial charge in [-0.2, -0.15) is 0 Å². The third-order valence-electron chi connectivity index (χ3n) is 6.79. The van der Waals surface area contributed by atoms with Gasteiger partial charge in [-0.1, -0.05) is 41.7 Å². The SMILES string of the molecule is CCOc1c(OC)cccc1[C@@H]1C(C(=O)OCCOC)=C(C)N=c2s/c(=C/c3c(C)[nH]c4ccccc34)c(=O)n21. The zero-order valence-electron chi connectivity index (χ0n) is 23.1. The minimum absolute atomic E-state index is 0.0690. The van der Waals surface area contributed by atoms with Crippen molar-refractivity contribution in [3.8, 4) is 11.5 Å². The van der Waals surface area contributed by atoms with E-state index in [1.807, 2.05) is 56.3 Å². The van der Waals surface area contributed by atoms with Crippen molar-refractivity contribution < 1.29 is 23.7 Å². The van der Waals surface area contributed by atoms with Gasteiger partial charge in [-0.25, -0.2) is 9.79 Å². The monoisotopic (exact) mass is 561 g/mol. The van der Waals surface area contributed by atoms with Crippen molar-refractivity contribution in [1.29, 1.82) is 0 Å².